The average Bonchev–Trinajstić information content (AvgIpc) is 2.47. The number of rotatable bonds is 1. The number of nitrogens with two attached hydrogens (primary N) is 1. The highest BCUT2D eigenvalue weighted by Crippen LogP contribution is 2.62. The number of nitrogens with zero attached hydrogens (tertiary/aromatic N) is 1. The molecule has 4 nitrogen and oxygen atoms in total. The molecule has 5 heteroatoms. The van der Waals surface area contributed by atoms with Crippen molar-refractivity contribution in [3.8, 4) is 0 Å². The first-order valence-electron chi connectivity index (χ1n) is 5.48. The van der Waals surface area contributed by atoms with E-state index in [0.717, 1.165) is 12.8 Å². The summed E-state index contributed by atoms with van der Waals surface area (Å²) in [6.45, 7) is 6.33. The lowest BCUT2D eigenvalue weighted by Crippen LogP contribution is -2.34. The number of carbonyl (C=O) groups is 1. The maximum atomic E-state index is 12.3. The second-order valence-electron chi connectivity index (χ2n) is 5.45. The van der Waals surface area contributed by atoms with Gasteiger partial charge in [0.25, 0.3) is 0 Å². The largest absolute Gasteiger partial charge is 0.375 e. The summed E-state index contributed by atoms with van der Waals surface area (Å²) < 4.78 is 0. The van der Waals surface area contributed by atoms with Gasteiger partial charge in [0.15, 0.2) is 10.9 Å². The molecule has 0 aromatic rings. The number of thiocarbonyl (C=S) groups is 1. The van der Waals surface area contributed by atoms with E-state index in [0.29, 0.717) is 5.71 Å². The van der Waals surface area contributed by atoms with E-state index in [1.165, 1.54) is 0 Å². The first kappa shape index (κ1) is 11.5. The molecule has 0 aromatic carbocycles. The Balaban J connectivity index is 2.37. The predicted molar refractivity (Wildman–Crippen MR) is 67.0 cm³/mol. The highest BCUT2D eigenvalue weighted by molar-refractivity contribution is 7.80. The number of hydrazone groups is 1. The Labute approximate surface area is 101 Å². The van der Waals surface area contributed by atoms with Crippen LogP contribution in [0.5, 0.6) is 0 Å². The lowest BCUT2D eigenvalue weighted by molar-refractivity contribution is -0.123. The van der Waals surface area contributed by atoms with E-state index < -0.39 is 0 Å². The summed E-state index contributed by atoms with van der Waals surface area (Å²) >= 11 is 4.69. The van der Waals surface area contributed by atoms with E-state index >= 15 is 0 Å². The number of hydrogen-bond donors (Lipinski definition) is 2. The Hall–Kier alpha value is -0.970. The van der Waals surface area contributed by atoms with Crippen molar-refractivity contribution >= 4 is 28.8 Å². The zero-order valence-corrected chi connectivity index (χ0v) is 10.6. The molecule has 3 N–H and O–H groups in total. The lowest BCUT2D eigenvalue weighted by Gasteiger charge is -2.31. The van der Waals surface area contributed by atoms with Crippen LogP contribution in [0, 0.1) is 16.7 Å². The molecule has 2 bridgehead atoms. The van der Waals surface area contributed by atoms with Crippen molar-refractivity contribution < 1.29 is 4.79 Å². The van der Waals surface area contributed by atoms with E-state index in [9.17, 15) is 4.79 Å². The van der Waals surface area contributed by atoms with Crippen LogP contribution in [-0.4, -0.2) is 16.6 Å². The first-order chi connectivity index (χ1) is 7.30. The van der Waals surface area contributed by atoms with E-state index in [-0.39, 0.29) is 27.6 Å². The Morgan fingerprint density at radius 1 is 1.56 bits per heavy atom. The molecule has 0 heterocycles. The molecule has 0 aliphatic heterocycles. The van der Waals surface area contributed by atoms with Crippen LogP contribution in [0.1, 0.15) is 33.6 Å². The third-order valence-corrected chi connectivity index (χ3v) is 4.67. The molecular formula is C11H17N3OS. The summed E-state index contributed by atoms with van der Waals surface area (Å²) in [5.41, 5.74) is 8.19. The number of nitrogens with one attached hydrogen (secondary N) is 1. The Kier molecular flexibility index (Phi) is 2.35. The molecule has 0 saturated heterocycles. The molecule has 2 aliphatic rings. The summed E-state index contributed by atoms with van der Waals surface area (Å²) in [4.78, 5) is 12.3. The van der Waals surface area contributed by atoms with Crippen LogP contribution < -0.4 is 11.2 Å². The minimum atomic E-state index is -0.269. The quantitative estimate of drug-likeness (QED) is 0.533. The normalized spacial score (nSPS) is 38.1. The van der Waals surface area contributed by atoms with Crippen LogP contribution in [0.2, 0.25) is 0 Å². The molecule has 2 unspecified atom stereocenters. The summed E-state index contributed by atoms with van der Waals surface area (Å²) in [6, 6.07) is 0. The van der Waals surface area contributed by atoms with Gasteiger partial charge in [-0.05, 0) is 30.5 Å². The maximum Gasteiger partial charge on any atom is 0.185 e. The van der Waals surface area contributed by atoms with Crippen molar-refractivity contribution in [1.82, 2.24) is 5.43 Å². The van der Waals surface area contributed by atoms with Crippen molar-refractivity contribution in [3.05, 3.63) is 0 Å². The van der Waals surface area contributed by atoms with Gasteiger partial charge >= 0.3 is 0 Å². The van der Waals surface area contributed by atoms with E-state index in [1.807, 2.05) is 6.92 Å². The van der Waals surface area contributed by atoms with Gasteiger partial charge in [-0.3, -0.25) is 10.2 Å². The van der Waals surface area contributed by atoms with Crippen LogP contribution in [-0.2, 0) is 4.79 Å². The molecular weight excluding hydrogens is 222 g/mol. The fraction of sp³-hybridized carbons (Fsp3) is 0.727. The van der Waals surface area contributed by atoms with Crippen molar-refractivity contribution in [2.45, 2.75) is 33.6 Å². The fourth-order valence-electron chi connectivity index (χ4n) is 3.07. The van der Waals surface area contributed by atoms with Crippen molar-refractivity contribution in [3.63, 3.8) is 0 Å². The molecule has 2 rings (SSSR count). The van der Waals surface area contributed by atoms with Gasteiger partial charge in [-0.25, -0.2) is 0 Å². The minimum absolute atomic E-state index is 0.0131. The van der Waals surface area contributed by atoms with Crippen LogP contribution in [0.3, 0.4) is 0 Å². The van der Waals surface area contributed by atoms with Gasteiger partial charge < -0.3 is 5.73 Å². The van der Waals surface area contributed by atoms with Crippen LogP contribution in [0.15, 0.2) is 5.10 Å². The molecule has 0 aromatic heterocycles. The maximum absolute atomic E-state index is 12.3. The van der Waals surface area contributed by atoms with Gasteiger partial charge in [-0.15, -0.1) is 0 Å². The molecule has 2 atom stereocenters. The van der Waals surface area contributed by atoms with E-state index in [1.54, 1.807) is 0 Å². The Morgan fingerprint density at radius 3 is 2.62 bits per heavy atom. The average molecular weight is 239 g/mol. The third kappa shape index (κ3) is 1.24. The van der Waals surface area contributed by atoms with Crippen molar-refractivity contribution in [2.75, 3.05) is 0 Å². The number of fused-ring (bicyclic) bond motifs is 2. The summed E-state index contributed by atoms with van der Waals surface area (Å²) in [6.07, 6.45) is 1.97. The zero-order chi connectivity index (χ0) is 12.1. The highest BCUT2D eigenvalue weighted by Gasteiger charge is 2.65. The molecule has 16 heavy (non-hydrogen) atoms. The van der Waals surface area contributed by atoms with Gasteiger partial charge in [0, 0.05) is 11.3 Å². The smallest absolute Gasteiger partial charge is 0.185 e. The Bertz CT molecular complexity index is 402. The third-order valence-electron chi connectivity index (χ3n) is 4.58. The SMILES string of the molecule is CC12CCC(/C(=N/NC(N)=S)C1=O)C2(C)C. The summed E-state index contributed by atoms with van der Waals surface area (Å²) in [5.74, 6) is 0.379. The lowest BCUT2D eigenvalue weighted by atomic mass is 9.70. The van der Waals surface area contributed by atoms with E-state index in [4.69, 9.17) is 5.73 Å². The fourth-order valence-corrected chi connectivity index (χ4v) is 3.12. The second-order valence-corrected chi connectivity index (χ2v) is 5.89. The summed E-state index contributed by atoms with van der Waals surface area (Å²) in [7, 11) is 0. The number of hydrogen-bond acceptors (Lipinski definition) is 3. The van der Waals surface area contributed by atoms with Gasteiger partial charge in [0.05, 0.1) is 0 Å². The topological polar surface area (TPSA) is 67.5 Å². The molecule has 2 aliphatic carbocycles. The molecule has 88 valence electrons. The molecule has 0 spiro atoms. The van der Waals surface area contributed by atoms with Crippen molar-refractivity contribution in [1.29, 1.82) is 0 Å². The number of carbonyl (C=O) groups excluding carboxylic acids is 1. The summed E-state index contributed by atoms with van der Waals surface area (Å²) in [5, 5.41) is 4.18. The van der Waals surface area contributed by atoms with Gasteiger partial charge in [0.2, 0.25) is 0 Å². The minimum Gasteiger partial charge on any atom is -0.375 e. The zero-order valence-electron chi connectivity index (χ0n) is 9.83. The van der Waals surface area contributed by atoms with Gasteiger partial charge in [-0.2, -0.15) is 5.10 Å². The van der Waals surface area contributed by atoms with Crippen molar-refractivity contribution in [2.24, 2.45) is 27.6 Å². The second kappa shape index (κ2) is 3.26. The number of Topliss-reactive ketones (excluding diaryl/α,β-unsaturated/α-hetero) is 1. The monoisotopic (exact) mass is 239 g/mol. The van der Waals surface area contributed by atoms with Crippen LogP contribution in [0.25, 0.3) is 0 Å². The molecule has 0 radical (unpaired) electrons. The first-order valence-corrected chi connectivity index (χ1v) is 5.89. The molecule has 0 amide bonds. The van der Waals surface area contributed by atoms with Gasteiger partial charge in [0.1, 0.15) is 5.71 Å². The molecule has 2 fully saturated rings. The standard InChI is InChI=1S/C11H17N3OS/c1-10(2)6-4-5-11(10,3)8(15)7(6)13-14-9(12)16/h6H,4-5H2,1-3H3,(H3,12,14,16)/b13-7-. The van der Waals surface area contributed by atoms with Crippen LogP contribution in [0.4, 0.5) is 0 Å². The Morgan fingerprint density at radius 2 is 2.19 bits per heavy atom. The van der Waals surface area contributed by atoms with E-state index in [2.05, 4.69) is 36.6 Å². The number of ketones is 1. The highest BCUT2D eigenvalue weighted by atomic mass is 32.1. The van der Waals surface area contributed by atoms with Crippen LogP contribution >= 0.6 is 12.2 Å². The van der Waals surface area contributed by atoms with Gasteiger partial charge in [-0.1, -0.05) is 20.8 Å². The molecule has 2 saturated carbocycles. The predicted octanol–water partition coefficient (Wildman–Crippen LogP) is 1.20.